The van der Waals surface area contributed by atoms with E-state index in [-0.39, 0.29) is 5.91 Å². The molecule has 1 N–H and O–H groups in total. The van der Waals surface area contributed by atoms with Crippen molar-refractivity contribution in [1.82, 2.24) is 10.3 Å². The molecule has 0 spiro atoms. The molecule has 0 aliphatic carbocycles. The first-order valence-electron chi connectivity index (χ1n) is 9.09. The smallest absolute Gasteiger partial charge is 0.226 e. The molecule has 1 aromatic carbocycles. The Bertz CT molecular complexity index is 680. The first-order valence-corrected chi connectivity index (χ1v) is 9.09. The molecule has 0 bridgehead atoms. The van der Waals surface area contributed by atoms with Crippen LogP contribution in [0.3, 0.4) is 0 Å². The van der Waals surface area contributed by atoms with Gasteiger partial charge in [-0.25, -0.2) is 4.98 Å². The van der Waals surface area contributed by atoms with Crippen LogP contribution in [0.15, 0.2) is 28.7 Å². The van der Waals surface area contributed by atoms with Crippen molar-refractivity contribution in [3.8, 4) is 17.2 Å². The van der Waals surface area contributed by atoms with Crippen LogP contribution in [0.4, 0.5) is 0 Å². The van der Waals surface area contributed by atoms with Crippen molar-refractivity contribution < 1.29 is 18.7 Å². The molecule has 142 valence electrons. The Morgan fingerprint density at radius 1 is 1.23 bits per heavy atom. The van der Waals surface area contributed by atoms with Crippen LogP contribution in [-0.4, -0.2) is 37.8 Å². The summed E-state index contributed by atoms with van der Waals surface area (Å²) in [6, 6.07) is 7.60. The number of amides is 1. The molecule has 6 nitrogen and oxygen atoms in total. The Morgan fingerprint density at radius 3 is 2.69 bits per heavy atom. The summed E-state index contributed by atoms with van der Waals surface area (Å²) in [5.74, 6) is 2.26. The van der Waals surface area contributed by atoms with Crippen molar-refractivity contribution >= 4 is 5.91 Å². The first-order chi connectivity index (χ1) is 12.6. The fourth-order valence-electron chi connectivity index (χ4n) is 2.57. The Hall–Kier alpha value is -2.34. The van der Waals surface area contributed by atoms with Crippen molar-refractivity contribution in [3.63, 3.8) is 0 Å². The summed E-state index contributed by atoms with van der Waals surface area (Å²) < 4.78 is 16.2. The van der Waals surface area contributed by atoms with E-state index >= 15 is 0 Å². The fourth-order valence-corrected chi connectivity index (χ4v) is 2.57. The maximum absolute atomic E-state index is 11.8. The Morgan fingerprint density at radius 2 is 2.00 bits per heavy atom. The number of methoxy groups -OCH3 is 1. The first kappa shape index (κ1) is 20.0. The number of aryl methyl sites for hydroxylation is 2. The molecule has 2 aromatic rings. The number of nitrogens with one attached hydrogen (secondary N) is 1. The largest absolute Gasteiger partial charge is 0.497 e. The van der Waals surface area contributed by atoms with Crippen LogP contribution in [0.5, 0.6) is 5.75 Å². The SMILES string of the molecule is CCOCCCNC(=O)CCCc1nc(-c2ccc(OC)cc2)oc1C. The molecule has 0 atom stereocenters. The topological polar surface area (TPSA) is 73.6 Å². The summed E-state index contributed by atoms with van der Waals surface area (Å²) in [5, 5.41) is 2.91. The summed E-state index contributed by atoms with van der Waals surface area (Å²) in [5.41, 5.74) is 1.81. The fraction of sp³-hybridized carbons (Fsp3) is 0.500. The van der Waals surface area contributed by atoms with Crippen molar-refractivity contribution in [3.05, 3.63) is 35.7 Å². The van der Waals surface area contributed by atoms with Crippen LogP contribution in [0.2, 0.25) is 0 Å². The molecule has 1 aromatic heterocycles. The molecule has 0 saturated carbocycles. The van der Waals surface area contributed by atoms with Crippen LogP contribution < -0.4 is 10.1 Å². The molecule has 0 saturated heterocycles. The minimum Gasteiger partial charge on any atom is -0.497 e. The maximum atomic E-state index is 11.8. The number of hydrogen-bond acceptors (Lipinski definition) is 5. The summed E-state index contributed by atoms with van der Waals surface area (Å²) in [7, 11) is 1.64. The molecule has 0 aliphatic rings. The second-order valence-corrected chi connectivity index (χ2v) is 6.00. The number of nitrogens with zero attached hydrogens (tertiary/aromatic N) is 1. The van der Waals surface area contributed by atoms with Gasteiger partial charge in [0.25, 0.3) is 0 Å². The van der Waals surface area contributed by atoms with E-state index in [1.54, 1.807) is 7.11 Å². The van der Waals surface area contributed by atoms with Gasteiger partial charge in [0.05, 0.1) is 12.8 Å². The molecular formula is C20H28N2O4. The number of carbonyl (C=O) groups is 1. The lowest BCUT2D eigenvalue weighted by Crippen LogP contribution is -2.25. The zero-order chi connectivity index (χ0) is 18.8. The van der Waals surface area contributed by atoms with Crippen molar-refractivity contribution in [2.75, 3.05) is 26.9 Å². The standard InChI is InChI=1S/C20H28N2O4/c1-4-25-14-6-13-21-19(23)8-5-7-18-15(2)26-20(22-18)16-9-11-17(24-3)12-10-16/h9-12H,4-8,13-14H2,1-3H3,(H,21,23). The normalized spacial score (nSPS) is 10.7. The van der Waals surface area contributed by atoms with Crippen LogP contribution in [0, 0.1) is 6.92 Å². The number of aromatic nitrogens is 1. The number of benzene rings is 1. The highest BCUT2D eigenvalue weighted by molar-refractivity contribution is 5.75. The average molecular weight is 360 g/mol. The number of oxazole rings is 1. The monoisotopic (exact) mass is 360 g/mol. The molecule has 2 rings (SSSR count). The Balaban J connectivity index is 1.77. The van der Waals surface area contributed by atoms with E-state index in [4.69, 9.17) is 13.9 Å². The second-order valence-electron chi connectivity index (χ2n) is 6.00. The molecular weight excluding hydrogens is 332 g/mol. The van der Waals surface area contributed by atoms with Crippen molar-refractivity contribution in [2.24, 2.45) is 0 Å². The summed E-state index contributed by atoms with van der Waals surface area (Å²) >= 11 is 0. The Kier molecular flexibility index (Phi) is 8.15. The lowest BCUT2D eigenvalue weighted by Gasteiger charge is -2.05. The van der Waals surface area contributed by atoms with Gasteiger partial charge >= 0.3 is 0 Å². The quantitative estimate of drug-likeness (QED) is 0.621. The molecule has 1 amide bonds. The third kappa shape index (κ3) is 6.19. The van der Waals surface area contributed by atoms with Gasteiger partial charge in [-0.3, -0.25) is 4.79 Å². The third-order valence-corrected chi connectivity index (χ3v) is 4.04. The molecule has 0 unspecified atom stereocenters. The van der Waals surface area contributed by atoms with E-state index in [1.165, 1.54) is 0 Å². The molecule has 0 radical (unpaired) electrons. The van der Waals surface area contributed by atoms with Gasteiger partial charge < -0.3 is 19.2 Å². The molecule has 0 fully saturated rings. The van der Waals surface area contributed by atoms with Gasteiger partial charge in [0.15, 0.2) is 0 Å². The van der Waals surface area contributed by atoms with E-state index in [0.29, 0.717) is 32.1 Å². The van der Waals surface area contributed by atoms with E-state index in [2.05, 4.69) is 10.3 Å². The van der Waals surface area contributed by atoms with E-state index < -0.39 is 0 Å². The van der Waals surface area contributed by atoms with Crippen LogP contribution in [0.25, 0.3) is 11.5 Å². The number of hydrogen-bond donors (Lipinski definition) is 1. The lowest BCUT2D eigenvalue weighted by atomic mass is 10.1. The number of carbonyl (C=O) groups excluding carboxylic acids is 1. The molecule has 1 heterocycles. The average Bonchev–Trinajstić information content (AvgIpc) is 3.02. The van der Waals surface area contributed by atoms with Gasteiger partial charge in [0.1, 0.15) is 11.5 Å². The van der Waals surface area contributed by atoms with Gasteiger partial charge in [-0.15, -0.1) is 0 Å². The highest BCUT2D eigenvalue weighted by Crippen LogP contribution is 2.24. The van der Waals surface area contributed by atoms with E-state index in [0.717, 1.165) is 42.0 Å². The number of rotatable bonds is 11. The van der Waals surface area contributed by atoms with Gasteiger partial charge in [-0.2, -0.15) is 0 Å². The van der Waals surface area contributed by atoms with Crippen LogP contribution in [-0.2, 0) is 16.0 Å². The second kappa shape index (κ2) is 10.6. The van der Waals surface area contributed by atoms with E-state index in [9.17, 15) is 4.79 Å². The van der Waals surface area contributed by atoms with Gasteiger partial charge in [-0.05, 0) is 57.4 Å². The van der Waals surface area contributed by atoms with Crippen molar-refractivity contribution in [1.29, 1.82) is 0 Å². The maximum Gasteiger partial charge on any atom is 0.226 e. The summed E-state index contributed by atoms with van der Waals surface area (Å²) in [6.45, 7) is 5.92. The zero-order valence-electron chi connectivity index (χ0n) is 15.8. The predicted molar refractivity (Wildman–Crippen MR) is 100 cm³/mol. The van der Waals surface area contributed by atoms with Gasteiger partial charge in [0.2, 0.25) is 11.8 Å². The zero-order valence-corrected chi connectivity index (χ0v) is 15.8. The minimum atomic E-state index is 0.0676. The molecule has 0 aliphatic heterocycles. The van der Waals surface area contributed by atoms with Crippen LogP contribution in [0.1, 0.15) is 37.6 Å². The van der Waals surface area contributed by atoms with Crippen molar-refractivity contribution in [2.45, 2.75) is 39.5 Å². The summed E-state index contributed by atoms with van der Waals surface area (Å²) in [4.78, 5) is 16.4. The molecule has 26 heavy (non-hydrogen) atoms. The van der Waals surface area contributed by atoms with Gasteiger partial charge in [-0.1, -0.05) is 0 Å². The number of ether oxygens (including phenoxy) is 2. The summed E-state index contributed by atoms with van der Waals surface area (Å²) in [6.07, 6.45) is 2.79. The Labute approximate surface area is 154 Å². The highest BCUT2D eigenvalue weighted by Gasteiger charge is 2.12. The third-order valence-electron chi connectivity index (χ3n) is 4.04. The molecule has 6 heteroatoms. The predicted octanol–water partition coefficient (Wildman–Crippen LogP) is 3.52. The van der Waals surface area contributed by atoms with Crippen LogP contribution >= 0.6 is 0 Å². The minimum absolute atomic E-state index is 0.0676. The lowest BCUT2D eigenvalue weighted by molar-refractivity contribution is -0.121. The highest BCUT2D eigenvalue weighted by atomic mass is 16.5. The van der Waals surface area contributed by atoms with Gasteiger partial charge in [0, 0.05) is 31.7 Å². The van der Waals surface area contributed by atoms with E-state index in [1.807, 2.05) is 38.1 Å².